The largest absolute Gasteiger partial charge is 0.507 e. The molecule has 0 spiro atoms. The lowest BCUT2D eigenvalue weighted by atomic mass is 9.82. The maximum Gasteiger partial charge on any atom is 0.245 e. The number of anilines is 1. The first-order chi connectivity index (χ1) is 17.7. The summed E-state index contributed by atoms with van der Waals surface area (Å²) in [6.07, 6.45) is 4.94. The summed E-state index contributed by atoms with van der Waals surface area (Å²) < 4.78 is 34.7. The first-order valence-corrected chi connectivity index (χ1v) is 12.6. The van der Waals surface area contributed by atoms with Gasteiger partial charge in [0.25, 0.3) is 0 Å². The standard InChI is InChI=1S/C27H30F2N6O2/c1-26-8-9-27(2,34-26)24(29)20(13-26)35(17-5-6-17)25-30-14-19(32-33-25)18-7-4-15(10-21(18)36)16-11-22(28)31-23(12-16)37-3/h4,7,10-12,14,17,20,24,34,36H,5-6,8-9,13H2,1-3H3/t20-,24-,26-,27+/m1/s1. The second-order valence-corrected chi connectivity index (χ2v) is 11.0. The highest BCUT2D eigenvalue weighted by Crippen LogP contribution is 2.47. The number of hydrogen-bond acceptors (Lipinski definition) is 8. The van der Waals surface area contributed by atoms with Crippen LogP contribution in [0.15, 0.2) is 36.5 Å². The number of ether oxygens (including phenoxy) is 1. The van der Waals surface area contributed by atoms with E-state index in [0.717, 1.165) is 25.7 Å². The number of nitrogens with one attached hydrogen (secondary N) is 1. The van der Waals surface area contributed by atoms with Gasteiger partial charge >= 0.3 is 0 Å². The number of nitrogens with zero attached hydrogens (tertiary/aromatic N) is 5. The topological polar surface area (TPSA) is 96.3 Å². The Labute approximate surface area is 214 Å². The number of aromatic hydroxyl groups is 1. The number of pyridine rings is 1. The molecule has 8 nitrogen and oxygen atoms in total. The van der Waals surface area contributed by atoms with Gasteiger partial charge in [0.2, 0.25) is 17.8 Å². The number of benzene rings is 1. The number of alkyl halides is 1. The molecule has 2 bridgehead atoms. The third-order valence-corrected chi connectivity index (χ3v) is 8.05. The Morgan fingerprint density at radius 2 is 1.92 bits per heavy atom. The lowest BCUT2D eigenvalue weighted by Crippen LogP contribution is -2.66. The molecule has 4 heterocycles. The minimum absolute atomic E-state index is 0.0452. The van der Waals surface area contributed by atoms with E-state index < -0.39 is 17.7 Å². The van der Waals surface area contributed by atoms with Crippen molar-refractivity contribution >= 4 is 5.95 Å². The predicted molar refractivity (Wildman–Crippen MR) is 135 cm³/mol. The Morgan fingerprint density at radius 3 is 2.59 bits per heavy atom. The molecule has 10 heteroatoms. The highest BCUT2D eigenvalue weighted by Gasteiger charge is 2.58. The summed E-state index contributed by atoms with van der Waals surface area (Å²) in [6, 6.07) is 7.71. The molecule has 4 atom stereocenters. The molecule has 3 aliphatic rings. The fraction of sp³-hybridized carbons (Fsp3) is 0.481. The Kier molecular flexibility index (Phi) is 5.56. The number of halogens is 2. The summed E-state index contributed by atoms with van der Waals surface area (Å²) in [5, 5.41) is 23.0. The third-order valence-electron chi connectivity index (χ3n) is 8.05. The fourth-order valence-electron chi connectivity index (χ4n) is 6.06. The molecule has 0 radical (unpaired) electrons. The van der Waals surface area contributed by atoms with E-state index >= 15 is 4.39 Å². The van der Waals surface area contributed by atoms with Crippen LogP contribution >= 0.6 is 0 Å². The number of fused-ring (bicyclic) bond motifs is 2. The first-order valence-electron chi connectivity index (χ1n) is 12.6. The van der Waals surface area contributed by atoms with Gasteiger partial charge in [0, 0.05) is 34.8 Å². The molecule has 3 aromatic rings. The molecule has 1 aliphatic carbocycles. The van der Waals surface area contributed by atoms with E-state index in [2.05, 4.69) is 32.4 Å². The Balaban J connectivity index is 1.28. The lowest BCUT2D eigenvalue weighted by molar-refractivity contribution is 0.0828. The van der Waals surface area contributed by atoms with Gasteiger partial charge in [-0.25, -0.2) is 9.37 Å². The molecule has 2 aliphatic heterocycles. The summed E-state index contributed by atoms with van der Waals surface area (Å²) in [4.78, 5) is 10.3. The molecule has 194 valence electrons. The van der Waals surface area contributed by atoms with E-state index in [9.17, 15) is 9.50 Å². The number of methoxy groups -OCH3 is 1. The van der Waals surface area contributed by atoms with Crippen LogP contribution in [0.1, 0.15) is 46.0 Å². The van der Waals surface area contributed by atoms with Crippen LogP contribution in [0.4, 0.5) is 14.7 Å². The molecule has 6 rings (SSSR count). The zero-order valence-electron chi connectivity index (χ0n) is 21.1. The molecule has 2 aromatic heterocycles. The number of piperidine rings is 1. The van der Waals surface area contributed by atoms with E-state index in [-0.39, 0.29) is 29.3 Å². The zero-order chi connectivity index (χ0) is 25.9. The number of phenols is 1. The summed E-state index contributed by atoms with van der Waals surface area (Å²) in [5.41, 5.74) is 1.30. The van der Waals surface area contributed by atoms with Crippen LogP contribution in [0.25, 0.3) is 22.4 Å². The van der Waals surface area contributed by atoms with Crippen LogP contribution in [0.3, 0.4) is 0 Å². The number of aromatic nitrogens is 4. The molecule has 37 heavy (non-hydrogen) atoms. The van der Waals surface area contributed by atoms with Crippen molar-refractivity contribution in [3.8, 4) is 34.0 Å². The Hall–Kier alpha value is -3.40. The monoisotopic (exact) mass is 508 g/mol. The molecule has 1 aromatic carbocycles. The SMILES string of the molecule is COc1cc(-c2ccc(-c3cnc(N(C4CC4)[C@@H]4C[C@@]5(C)CC[C@](C)(N5)[C@@H]4F)nn3)c(O)c2)cc(F)n1. The second kappa shape index (κ2) is 8.58. The lowest BCUT2D eigenvalue weighted by Gasteiger charge is -2.48. The van der Waals surface area contributed by atoms with Gasteiger partial charge in [0.1, 0.15) is 17.6 Å². The van der Waals surface area contributed by atoms with Gasteiger partial charge in [-0.15, -0.1) is 10.2 Å². The zero-order valence-corrected chi connectivity index (χ0v) is 21.1. The average Bonchev–Trinajstić information content (AvgIpc) is 3.67. The van der Waals surface area contributed by atoms with Crippen molar-refractivity contribution in [1.82, 2.24) is 25.5 Å². The Bertz CT molecular complexity index is 1340. The van der Waals surface area contributed by atoms with Crippen molar-refractivity contribution in [3.63, 3.8) is 0 Å². The van der Waals surface area contributed by atoms with Crippen LogP contribution in [-0.2, 0) is 0 Å². The van der Waals surface area contributed by atoms with E-state index in [1.807, 2.05) is 11.8 Å². The fourth-order valence-corrected chi connectivity index (χ4v) is 6.06. The predicted octanol–water partition coefficient (Wildman–Crippen LogP) is 4.43. The summed E-state index contributed by atoms with van der Waals surface area (Å²) in [5.74, 6) is -0.159. The third kappa shape index (κ3) is 4.27. The molecule has 0 unspecified atom stereocenters. The van der Waals surface area contributed by atoms with Gasteiger partial charge < -0.3 is 20.1 Å². The van der Waals surface area contributed by atoms with Crippen LogP contribution < -0.4 is 15.0 Å². The number of rotatable bonds is 6. The van der Waals surface area contributed by atoms with Crippen LogP contribution in [-0.4, -0.2) is 61.7 Å². The maximum atomic E-state index is 15.8. The molecule has 0 amide bonds. The van der Waals surface area contributed by atoms with Crippen LogP contribution in [0.5, 0.6) is 11.6 Å². The highest BCUT2D eigenvalue weighted by molar-refractivity contribution is 5.74. The highest BCUT2D eigenvalue weighted by atomic mass is 19.1. The molecule has 3 fully saturated rings. The second-order valence-electron chi connectivity index (χ2n) is 11.0. The molecular formula is C27H30F2N6O2. The first kappa shape index (κ1) is 24.0. The van der Waals surface area contributed by atoms with Gasteiger partial charge in [-0.05, 0) is 69.2 Å². The molecule has 1 saturated carbocycles. The van der Waals surface area contributed by atoms with Crippen molar-refractivity contribution < 1.29 is 18.6 Å². The van der Waals surface area contributed by atoms with E-state index in [0.29, 0.717) is 34.8 Å². The van der Waals surface area contributed by atoms with Crippen LogP contribution in [0, 0.1) is 5.95 Å². The van der Waals surface area contributed by atoms with E-state index in [1.165, 1.54) is 19.2 Å². The average molecular weight is 509 g/mol. The summed E-state index contributed by atoms with van der Waals surface area (Å²) in [7, 11) is 1.41. The van der Waals surface area contributed by atoms with Gasteiger partial charge in [-0.1, -0.05) is 6.07 Å². The summed E-state index contributed by atoms with van der Waals surface area (Å²) >= 11 is 0. The van der Waals surface area contributed by atoms with Crippen molar-refractivity contribution in [1.29, 1.82) is 0 Å². The van der Waals surface area contributed by atoms with Crippen molar-refractivity contribution in [2.45, 2.75) is 75.3 Å². The van der Waals surface area contributed by atoms with Crippen molar-refractivity contribution in [2.24, 2.45) is 0 Å². The quantitative estimate of drug-likeness (QED) is 0.472. The number of hydrogen-bond donors (Lipinski definition) is 2. The molecule has 2 saturated heterocycles. The normalized spacial score (nSPS) is 28.8. The van der Waals surface area contributed by atoms with Crippen molar-refractivity contribution in [3.05, 3.63) is 42.5 Å². The molecular weight excluding hydrogens is 478 g/mol. The molecule has 2 N–H and O–H groups in total. The minimum atomic E-state index is -1.04. The maximum absolute atomic E-state index is 15.8. The van der Waals surface area contributed by atoms with Gasteiger partial charge in [-0.2, -0.15) is 9.37 Å². The number of phenolic OH excluding ortho intramolecular Hbond substituents is 1. The smallest absolute Gasteiger partial charge is 0.245 e. The summed E-state index contributed by atoms with van der Waals surface area (Å²) in [6.45, 7) is 4.15. The Morgan fingerprint density at radius 1 is 1.11 bits per heavy atom. The van der Waals surface area contributed by atoms with Gasteiger partial charge in [0.05, 0.1) is 19.3 Å². The van der Waals surface area contributed by atoms with Gasteiger partial charge in [0.15, 0.2) is 0 Å². The minimum Gasteiger partial charge on any atom is -0.507 e. The van der Waals surface area contributed by atoms with E-state index in [4.69, 9.17) is 4.74 Å². The van der Waals surface area contributed by atoms with Gasteiger partial charge in [-0.3, -0.25) is 0 Å². The van der Waals surface area contributed by atoms with E-state index in [1.54, 1.807) is 24.4 Å². The van der Waals surface area contributed by atoms with Crippen molar-refractivity contribution in [2.75, 3.05) is 12.0 Å². The van der Waals surface area contributed by atoms with Crippen LogP contribution in [0.2, 0.25) is 0 Å².